The van der Waals surface area contributed by atoms with Crippen LogP contribution >= 0.6 is 0 Å². The number of alkyl halides is 3. The fourth-order valence-electron chi connectivity index (χ4n) is 1.82. The van der Waals surface area contributed by atoms with Gasteiger partial charge in [-0.15, -0.1) is 0 Å². The van der Waals surface area contributed by atoms with Crippen molar-refractivity contribution in [2.75, 3.05) is 5.73 Å². The first-order valence-corrected chi connectivity index (χ1v) is 5.90. The van der Waals surface area contributed by atoms with Gasteiger partial charge in [-0.3, -0.25) is 10.1 Å². The number of para-hydroxylation sites is 1. The van der Waals surface area contributed by atoms with Gasteiger partial charge in [0.2, 0.25) is 5.95 Å². The van der Waals surface area contributed by atoms with E-state index in [2.05, 4.69) is 10.1 Å². The average Bonchev–Trinajstić information content (AvgIpc) is 2.73. The summed E-state index contributed by atoms with van der Waals surface area (Å²) in [5.41, 5.74) is 3.39. The van der Waals surface area contributed by atoms with E-state index in [0.29, 0.717) is 11.8 Å². The first kappa shape index (κ1) is 15.5. The minimum absolute atomic E-state index is 0.0170. The molecule has 2 aromatic rings. The molecule has 1 aromatic carbocycles. The predicted molar refractivity (Wildman–Crippen MR) is 72.5 cm³/mol. The molecule has 0 amide bonds. The molecule has 1 heterocycles. The van der Waals surface area contributed by atoms with Crippen LogP contribution in [0.4, 0.5) is 24.8 Å². The van der Waals surface area contributed by atoms with Gasteiger partial charge in [-0.25, -0.2) is 9.66 Å². The number of aryl methyl sites for hydroxylation is 1. The molecule has 0 saturated carbocycles. The van der Waals surface area contributed by atoms with Crippen molar-refractivity contribution in [2.24, 2.45) is 5.10 Å². The Kier molecular flexibility index (Phi) is 3.85. The number of anilines is 1. The summed E-state index contributed by atoms with van der Waals surface area (Å²) in [6.07, 6.45) is -2.47. The predicted octanol–water partition coefficient (Wildman–Crippen LogP) is 2.58. The molecule has 22 heavy (non-hydrogen) atoms. The van der Waals surface area contributed by atoms with Crippen LogP contribution < -0.4 is 5.73 Å². The van der Waals surface area contributed by atoms with Gasteiger partial charge in [-0.1, -0.05) is 6.07 Å². The second-order valence-electron chi connectivity index (χ2n) is 4.33. The first-order valence-electron chi connectivity index (χ1n) is 5.90. The van der Waals surface area contributed by atoms with Crippen molar-refractivity contribution in [3.05, 3.63) is 51.3 Å². The highest BCUT2D eigenvalue weighted by molar-refractivity contribution is 5.86. The molecule has 0 radical (unpaired) electrons. The number of nitrogens with two attached hydrogens (primary N) is 1. The number of imidazole rings is 1. The number of rotatable bonds is 3. The molecule has 0 aliphatic heterocycles. The Morgan fingerprint density at radius 2 is 2.14 bits per heavy atom. The van der Waals surface area contributed by atoms with Crippen LogP contribution in [0.2, 0.25) is 0 Å². The number of hydrogen-bond donors (Lipinski definition) is 1. The average molecular weight is 313 g/mol. The molecule has 0 aliphatic carbocycles. The van der Waals surface area contributed by atoms with Crippen molar-refractivity contribution in [2.45, 2.75) is 13.1 Å². The Morgan fingerprint density at radius 3 is 2.64 bits per heavy atom. The zero-order chi connectivity index (χ0) is 16.5. The fraction of sp³-hybridized carbons (Fsp3) is 0.167. The number of halogens is 3. The summed E-state index contributed by atoms with van der Waals surface area (Å²) >= 11 is 0. The summed E-state index contributed by atoms with van der Waals surface area (Å²) in [6.45, 7) is 1.65. The molecule has 0 fully saturated rings. The van der Waals surface area contributed by atoms with Crippen molar-refractivity contribution in [1.29, 1.82) is 0 Å². The van der Waals surface area contributed by atoms with Crippen LogP contribution in [0.1, 0.15) is 16.8 Å². The summed E-state index contributed by atoms with van der Waals surface area (Å²) in [7, 11) is 0. The molecule has 0 aliphatic rings. The van der Waals surface area contributed by atoms with Crippen LogP contribution in [0.3, 0.4) is 0 Å². The number of hydrogen-bond acceptors (Lipinski definition) is 5. The molecule has 0 spiro atoms. The second-order valence-corrected chi connectivity index (χ2v) is 4.33. The third-order valence-corrected chi connectivity index (χ3v) is 2.71. The lowest BCUT2D eigenvalue weighted by atomic mass is 10.1. The van der Waals surface area contributed by atoms with E-state index in [4.69, 9.17) is 5.73 Å². The lowest BCUT2D eigenvalue weighted by molar-refractivity contribution is -0.388. The summed E-state index contributed by atoms with van der Waals surface area (Å²) in [5.74, 6) is 0.0170. The summed E-state index contributed by atoms with van der Waals surface area (Å²) in [4.78, 5) is 13.7. The van der Waals surface area contributed by atoms with Crippen molar-refractivity contribution >= 4 is 17.9 Å². The molecular weight excluding hydrogens is 303 g/mol. The standard InChI is InChI=1S/C12H10F3N5O2/c1-7-6-19(11(16)18-7)17-5-8-3-2-4-9(12(13,14)15)10(8)20(21)22/h2-6H,1H3,(H2,16,18). The lowest BCUT2D eigenvalue weighted by Gasteiger charge is -2.08. The molecular formula is C12H10F3N5O2. The number of nitro groups is 1. The maximum absolute atomic E-state index is 12.8. The smallest absolute Gasteiger partial charge is 0.368 e. The normalized spacial score (nSPS) is 12.0. The highest BCUT2D eigenvalue weighted by atomic mass is 19.4. The minimum Gasteiger partial charge on any atom is -0.368 e. The van der Waals surface area contributed by atoms with Gasteiger partial charge in [0.1, 0.15) is 5.56 Å². The van der Waals surface area contributed by atoms with E-state index in [9.17, 15) is 23.3 Å². The quantitative estimate of drug-likeness (QED) is 0.534. The number of benzene rings is 1. The number of aromatic nitrogens is 2. The van der Waals surface area contributed by atoms with Gasteiger partial charge in [-0.2, -0.15) is 18.3 Å². The molecule has 2 N–H and O–H groups in total. The minimum atomic E-state index is -4.84. The van der Waals surface area contributed by atoms with Gasteiger partial charge in [0.05, 0.1) is 28.6 Å². The Hall–Kier alpha value is -2.91. The summed E-state index contributed by atoms with van der Waals surface area (Å²) < 4.78 is 39.6. The molecule has 7 nitrogen and oxygen atoms in total. The van der Waals surface area contributed by atoms with Crippen LogP contribution in [-0.4, -0.2) is 20.8 Å². The number of nitro benzene ring substituents is 1. The largest absolute Gasteiger partial charge is 0.423 e. The molecule has 1 aromatic heterocycles. The van der Waals surface area contributed by atoms with Gasteiger partial charge >= 0.3 is 6.18 Å². The van der Waals surface area contributed by atoms with Gasteiger partial charge < -0.3 is 5.73 Å². The molecule has 10 heteroatoms. The van der Waals surface area contributed by atoms with Crippen LogP contribution in [0.5, 0.6) is 0 Å². The van der Waals surface area contributed by atoms with E-state index in [0.717, 1.165) is 23.0 Å². The van der Waals surface area contributed by atoms with Crippen molar-refractivity contribution < 1.29 is 18.1 Å². The Balaban J connectivity index is 2.52. The van der Waals surface area contributed by atoms with Crippen LogP contribution in [0, 0.1) is 17.0 Å². The summed E-state index contributed by atoms with van der Waals surface area (Å²) in [6, 6.07) is 2.88. The Morgan fingerprint density at radius 1 is 1.45 bits per heavy atom. The fourth-order valence-corrected chi connectivity index (χ4v) is 1.82. The Bertz CT molecular complexity index is 752. The molecule has 0 saturated heterocycles. The van der Waals surface area contributed by atoms with Crippen LogP contribution in [-0.2, 0) is 6.18 Å². The molecule has 2 rings (SSSR count). The van der Waals surface area contributed by atoms with Gasteiger partial charge in [-0.05, 0) is 19.1 Å². The zero-order valence-electron chi connectivity index (χ0n) is 11.2. The maximum atomic E-state index is 12.8. The van der Waals surface area contributed by atoms with Gasteiger partial charge in [0, 0.05) is 0 Å². The molecule has 0 bridgehead atoms. The van der Waals surface area contributed by atoms with Crippen molar-refractivity contribution in [1.82, 2.24) is 9.66 Å². The van der Waals surface area contributed by atoms with E-state index in [1.807, 2.05) is 0 Å². The first-order chi connectivity index (χ1) is 10.2. The van der Waals surface area contributed by atoms with E-state index in [-0.39, 0.29) is 11.5 Å². The third-order valence-electron chi connectivity index (χ3n) is 2.71. The summed E-state index contributed by atoms with van der Waals surface area (Å²) in [5, 5.41) is 14.8. The van der Waals surface area contributed by atoms with Gasteiger partial charge in [0.15, 0.2) is 0 Å². The molecule has 116 valence electrons. The zero-order valence-corrected chi connectivity index (χ0v) is 11.2. The second kappa shape index (κ2) is 5.47. The molecule has 0 unspecified atom stereocenters. The third kappa shape index (κ3) is 3.05. The maximum Gasteiger partial charge on any atom is 0.423 e. The van der Waals surface area contributed by atoms with Crippen LogP contribution in [0.25, 0.3) is 0 Å². The monoisotopic (exact) mass is 313 g/mol. The number of nitrogen functional groups attached to an aromatic ring is 1. The lowest BCUT2D eigenvalue weighted by Crippen LogP contribution is -2.10. The Labute approximate surface area is 122 Å². The van der Waals surface area contributed by atoms with E-state index < -0.39 is 22.4 Å². The van der Waals surface area contributed by atoms with E-state index in [1.54, 1.807) is 6.92 Å². The van der Waals surface area contributed by atoms with Gasteiger partial charge in [0.25, 0.3) is 5.69 Å². The topological polar surface area (TPSA) is 99.3 Å². The highest BCUT2D eigenvalue weighted by Gasteiger charge is 2.39. The highest BCUT2D eigenvalue weighted by Crippen LogP contribution is 2.37. The van der Waals surface area contributed by atoms with Crippen molar-refractivity contribution in [3.8, 4) is 0 Å². The molecule has 0 atom stereocenters. The SMILES string of the molecule is Cc1cn(N=Cc2cccc(C(F)(F)F)c2[N+](=O)[O-])c(N)n1. The van der Waals surface area contributed by atoms with Crippen molar-refractivity contribution in [3.63, 3.8) is 0 Å². The van der Waals surface area contributed by atoms with E-state index >= 15 is 0 Å². The van der Waals surface area contributed by atoms with E-state index in [1.165, 1.54) is 6.20 Å². The number of nitrogens with zero attached hydrogens (tertiary/aromatic N) is 4. The van der Waals surface area contributed by atoms with Crippen LogP contribution in [0.15, 0.2) is 29.5 Å².